The molecule has 1 atom stereocenters. The molecule has 1 unspecified atom stereocenters. The van der Waals surface area contributed by atoms with Crippen LogP contribution in [-0.2, 0) is 7.05 Å². The van der Waals surface area contributed by atoms with E-state index in [4.69, 9.17) is 16.3 Å². The smallest absolute Gasteiger partial charge is 0.157 e. The van der Waals surface area contributed by atoms with E-state index >= 15 is 0 Å². The first-order chi connectivity index (χ1) is 11.6. The van der Waals surface area contributed by atoms with Crippen molar-refractivity contribution in [2.45, 2.75) is 25.9 Å². The van der Waals surface area contributed by atoms with E-state index in [0.29, 0.717) is 16.3 Å². The van der Waals surface area contributed by atoms with Crippen molar-refractivity contribution in [3.05, 3.63) is 52.8 Å². The number of nitrogens with zero attached hydrogens (tertiary/aromatic N) is 4. The topological polar surface area (TPSA) is 63.7 Å². The summed E-state index contributed by atoms with van der Waals surface area (Å²) in [5.74, 6) is 0.498. The first-order valence-electron chi connectivity index (χ1n) is 7.77. The standard InChI is InChI=1S/C18H17ClN4O/c1-3-4-16(24-17-9-13(19)6-5-12(17)10-20)14-7-8-21-18-15(14)11-22-23(18)2/h5-9,11,16H,3-4H2,1-2H3. The Morgan fingerprint density at radius 2 is 2.21 bits per heavy atom. The van der Waals surface area contributed by atoms with Gasteiger partial charge in [-0.3, -0.25) is 4.68 Å². The highest BCUT2D eigenvalue weighted by Gasteiger charge is 2.19. The zero-order chi connectivity index (χ0) is 17.1. The van der Waals surface area contributed by atoms with Crippen molar-refractivity contribution in [2.24, 2.45) is 7.05 Å². The molecule has 2 aromatic heterocycles. The van der Waals surface area contributed by atoms with Crippen molar-refractivity contribution < 1.29 is 4.74 Å². The van der Waals surface area contributed by atoms with Crippen LogP contribution in [0.3, 0.4) is 0 Å². The van der Waals surface area contributed by atoms with E-state index in [1.165, 1.54) is 0 Å². The fourth-order valence-corrected chi connectivity index (χ4v) is 2.89. The van der Waals surface area contributed by atoms with Gasteiger partial charge < -0.3 is 4.74 Å². The molecule has 0 saturated carbocycles. The second kappa shape index (κ2) is 6.90. The largest absolute Gasteiger partial charge is 0.484 e. The highest BCUT2D eigenvalue weighted by atomic mass is 35.5. The minimum absolute atomic E-state index is 0.199. The van der Waals surface area contributed by atoms with Gasteiger partial charge in [-0.1, -0.05) is 24.9 Å². The number of aromatic nitrogens is 3. The Hall–Kier alpha value is -2.58. The van der Waals surface area contributed by atoms with Gasteiger partial charge in [-0.2, -0.15) is 10.4 Å². The van der Waals surface area contributed by atoms with Gasteiger partial charge in [0.05, 0.1) is 11.8 Å². The van der Waals surface area contributed by atoms with E-state index in [-0.39, 0.29) is 6.10 Å². The fourth-order valence-electron chi connectivity index (χ4n) is 2.73. The summed E-state index contributed by atoms with van der Waals surface area (Å²) in [6.07, 6.45) is 5.11. The maximum Gasteiger partial charge on any atom is 0.157 e. The second-order valence-corrected chi connectivity index (χ2v) is 5.99. The number of benzene rings is 1. The zero-order valence-electron chi connectivity index (χ0n) is 13.5. The van der Waals surface area contributed by atoms with Gasteiger partial charge in [-0.05, 0) is 24.6 Å². The molecule has 0 bridgehead atoms. The summed E-state index contributed by atoms with van der Waals surface area (Å²) in [5, 5.41) is 15.1. The van der Waals surface area contributed by atoms with Crippen LogP contribution in [0.2, 0.25) is 5.02 Å². The minimum Gasteiger partial charge on any atom is -0.484 e. The van der Waals surface area contributed by atoms with Gasteiger partial charge in [0.1, 0.15) is 17.9 Å². The van der Waals surface area contributed by atoms with Crippen LogP contribution in [0.4, 0.5) is 0 Å². The SMILES string of the molecule is CCCC(Oc1cc(Cl)ccc1C#N)c1ccnc2c1cnn2C. The van der Waals surface area contributed by atoms with E-state index in [1.54, 1.807) is 35.3 Å². The quantitative estimate of drug-likeness (QED) is 0.690. The summed E-state index contributed by atoms with van der Waals surface area (Å²) in [7, 11) is 1.86. The lowest BCUT2D eigenvalue weighted by Gasteiger charge is -2.20. The molecule has 6 heteroatoms. The van der Waals surface area contributed by atoms with Crippen molar-refractivity contribution in [1.29, 1.82) is 5.26 Å². The van der Waals surface area contributed by atoms with Crippen LogP contribution in [-0.4, -0.2) is 14.8 Å². The Morgan fingerprint density at radius 1 is 1.38 bits per heavy atom. The van der Waals surface area contributed by atoms with Crippen LogP contribution >= 0.6 is 11.6 Å². The van der Waals surface area contributed by atoms with Crippen LogP contribution in [0.5, 0.6) is 5.75 Å². The molecule has 0 spiro atoms. The first-order valence-corrected chi connectivity index (χ1v) is 8.14. The van der Waals surface area contributed by atoms with Gasteiger partial charge in [0.2, 0.25) is 0 Å². The number of ether oxygens (including phenoxy) is 1. The molecule has 0 amide bonds. The Kier molecular flexibility index (Phi) is 4.68. The first kappa shape index (κ1) is 16.3. The molecule has 5 nitrogen and oxygen atoms in total. The van der Waals surface area contributed by atoms with Crippen LogP contribution in [0.1, 0.15) is 37.0 Å². The molecule has 3 rings (SSSR count). The predicted molar refractivity (Wildman–Crippen MR) is 93.0 cm³/mol. The van der Waals surface area contributed by atoms with E-state index in [2.05, 4.69) is 23.1 Å². The molecule has 0 fully saturated rings. The number of hydrogen-bond acceptors (Lipinski definition) is 4. The van der Waals surface area contributed by atoms with Crippen LogP contribution < -0.4 is 4.74 Å². The molecule has 0 aliphatic rings. The van der Waals surface area contributed by atoms with Gasteiger partial charge >= 0.3 is 0 Å². The summed E-state index contributed by atoms with van der Waals surface area (Å²) >= 11 is 6.07. The number of rotatable bonds is 5. The number of nitriles is 1. The second-order valence-electron chi connectivity index (χ2n) is 5.55. The molecule has 122 valence electrons. The van der Waals surface area contributed by atoms with Gasteiger partial charge in [0, 0.05) is 35.3 Å². The number of aryl methyl sites for hydroxylation is 1. The summed E-state index contributed by atoms with van der Waals surface area (Å²) in [4.78, 5) is 4.37. The average Bonchev–Trinajstić information content (AvgIpc) is 2.96. The lowest BCUT2D eigenvalue weighted by Crippen LogP contribution is -2.09. The Bertz CT molecular complexity index is 913. The molecule has 2 heterocycles. The van der Waals surface area contributed by atoms with Crippen molar-refractivity contribution in [3.8, 4) is 11.8 Å². The van der Waals surface area contributed by atoms with E-state index in [1.807, 2.05) is 13.1 Å². The highest BCUT2D eigenvalue weighted by molar-refractivity contribution is 6.30. The van der Waals surface area contributed by atoms with Crippen molar-refractivity contribution in [3.63, 3.8) is 0 Å². The maximum atomic E-state index is 9.30. The Morgan fingerprint density at radius 3 is 2.96 bits per heavy atom. The Balaban J connectivity index is 2.04. The molecule has 0 N–H and O–H groups in total. The van der Waals surface area contributed by atoms with Crippen molar-refractivity contribution in [2.75, 3.05) is 0 Å². The van der Waals surface area contributed by atoms with Crippen LogP contribution in [0.15, 0.2) is 36.7 Å². The number of pyridine rings is 1. The third-order valence-electron chi connectivity index (χ3n) is 3.90. The normalized spacial score (nSPS) is 12.1. The summed E-state index contributed by atoms with van der Waals surface area (Å²) in [6, 6.07) is 9.14. The summed E-state index contributed by atoms with van der Waals surface area (Å²) in [5.41, 5.74) is 2.29. The Labute approximate surface area is 145 Å². The van der Waals surface area contributed by atoms with Crippen LogP contribution in [0.25, 0.3) is 11.0 Å². The van der Waals surface area contributed by atoms with Crippen LogP contribution in [0, 0.1) is 11.3 Å². The highest BCUT2D eigenvalue weighted by Crippen LogP contribution is 2.33. The lowest BCUT2D eigenvalue weighted by molar-refractivity contribution is 0.194. The molecule has 1 aromatic carbocycles. The molecule has 0 aliphatic heterocycles. The molecule has 24 heavy (non-hydrogen) atoms. The molecule has 0 saturated heterocycles. The maximum absolute atomic E-state index is 9.30. The molecule has 3 aromatic rings. The number of fused-ring (bicyclic) bond motifs is 1. The van der Waals surface area contributed by atoms with Crippen molar-refractivity contribution >= 4 is 22.6 Å². The van der Waals surface area contributed by atoms with E-state index in [0.717, 1.165) is 29.4 Å². The minimum atomic E-state index is -0.199. The zero-order valence-corrected chi connectivity index (χ0v) is 14.3. The summed E-state index contributed by atoms with van der Waals surface area (Å²) in [6.45, 7) is 2.10. The van der Waals surface area contributed by atoms with Crippen molar-refractivity contribution in [1.82, 2.24) is 14.8 Å². The molecule has 0 radical (unpaired) electrons. The number of hydrogen-bond donors (Lipinski definition) is 0. The van der Waals surface area contributed by atoms with Gasteiger partial charge in [-0.15, -0.1) is 0 Å². The predicted octanol–water partition coefficient (Wildman–Crippen LogP) is 4.41. The lowest BCUT2D eigenvalue weighted by atomic mass is 10.0. The third-order valence-corrected chi connectivity index (χ3v) is 4.14. The van der Waals surface area contributed by atoms with Gasteiger partial charge in [-0.25, -0.2) is 4.98 Å². The van der Waals surface area contributed by atoms with Gasteiger partial charge in [0.15, 0.2) is 5.65 Å². The third kappa shape index (κ3) is 3.06. The summed E-state index contributed by atoms with van der Waals surface area (Å²) < 4.78 is 7.93. The molecular formula is C18H17ClN4O. The fraction of sp³-hybridized carbons (Fsp3) is 0.278. The molecule has 0 aliphatic carbocycles. The average molecular weight is 341 g/mol. The van der Waals surface area contributed by atoms with Gasteiger partial charge in [0.25, 0.3) is 0 Å². The van der Waals surface area contributed by atoms with E-state index < -0.39 is 0 Å². The monoisotopic (exact) mass is 340 g/mol. The number of halogens is 1. The van der Waals surface area contributed by atoms with E-state index in [9.17, 15) is 5.26 Å². The molecular weight excluding hydrogens is 324 g/mol.